The molecule has 0 aliphatic heterocycles. The molecule has 0 aliphatic carbocycles. The van der Waals surface area contributed by atoms with E-state index in [-0.39, 0.29) is 21.5 Å². The highest BCUT2D eigenvalue weighted by Crippen LogP contribution is 2.29. The molecule has 0 saturated heterocycles. The van der Waals surface area contributed by atoms with E-state index in [1.165, 1.54) is 37.3 Å². The van der Waals surface area contributed by atoms with Crippen LogP contribution in [-0.2, 0) is 21.2 Å². The van der Waals surface area contributed by atoms with Gasteiger partial charge in [-0.3, -0.25) is 9.10 Å². The molecule has 2 aromatic carbocycles. The molecule has 1 amide bonds. The molecule has 0 radical (unpaired) electrons. The molecule has 1 N–H and O–H groups in total. The van der Waals surface area contributed by atoms with E-state index in [1.54, 1.807) is 12.1 Å². The number of hydrogen-bond acceptors (Lipinski definition) is 3. The first-order valence-corrected chi connectivity index (χ1v) is 11.2. The highest BCUT2D eigenvalue weighted by atomic mass is 35.5. The van der Waals surface area contributed by atoms with Crippen molar-refractivity contribution < 1.29 is 17.6 Å². The van der Waals surface area contributed by atoms with E-state index in [0.717, 1.165) is 16.1 Å². The molecule has 0 heterocycles. The summed E-state index contributed by atoms with van der Waals surface area (Å²) in [5.74, 6) is -0.732. The van der Waals surface area contributed by atoms with Crippen molar-refractivity contribution in [3.63, 3.8) is 0 Å². The van der Waals surface area contributed by atoms with Gasteiger partial charge in [0.15, 0.2) is 0 Å². The number of aryl methyl sites for hydroxylation is 1. The van der Waals surface area contributed by atoms with Crippen molar-refractivity contribution in [2.24, 2.45) is 0 Å². The number of carbonyl (C=O) groups is 1. The summed E-state index contributed by atoms with van der Waals surface area (Å²) in [5.41, 5.74) is 1.21. The number of anilines is 1. The molecule has 0 saturated carbocycles. The molecule has 2 aromatic rings. The Balaban J connectivity index is 2.01. The molecular weight excluding hydrogens is 426 g/mol. The summed E-state index contributed by atoms with van der Waals surface area (Å²) in [4.78, 5) is 12.5. The fourth-order valence-electron chi connectivity index (χ4n) is 2.73. The Bertz CT molecular complexity index is 937. The van der Waals surface area contributed by atoms with Crippen LogP contribution in [0, 0.1) is 5.82 Å². The lowest BCUT2D eigenvalue weighted by Crippen LogP contribution is -2.48. The molecule has 0 fully saturated rings. The Morgan fingerprint density at radius 3 is 2.36 bits per heavy atom. The highest BCUT2D eigenvalue weighted by molar-refractivity contribution is 7.92. The van der Waals surface area contributed by atoms with Gasteiger partial charge in [-0.25, -0.2) is 12.8 Å². The van der Waals surface area contributed by atoms with Crippen molar-refractivity contribution in [1.82, 2.24) is 5.32 Å². The largest absolute Gasteiger partial charge is 0.354 e. The lowest BCUT2D eigenvalue weighted by molar-refractivity contribution is -0.121. The summed E-state index contributed by atoms with van der Waals surface area (Å²) in [6, 6.07) is 9.55. The van der Waals surface area contributed by atoms with Crippen LogP contribution < -0.4 is 9.62 Å². The van der Waals surface area contributed by atoms with E-state index in [0.29, 0.717) is 19.4 Å². The second-order valence-electron chi connectivity index (χ2n) is 6.35. The van der Waals surface area contributed by atoms with Gasteiger partial charge in [0, 0.05) is 6.54 Å². The van der Waals surface area contributed by atoms with Gasteiger partial charge in [0.05, 0.1) is 22.0 Å². The Kier molecular flexibility index (Phi) is 7.69. The van der Waals surface area contributed by atoms with Crippen molar-refractivity contribution in [2.75, 3.05) is 17.1 Å². The summed E-state index contributed by atoms with van der Waals surface area (Å²) in [5, 5.41) is 3.22. The average Bonchev–Trinajstić information content (AvgIpc) is 2.62. The van der Waals surface area contributed by atoms with Crippen LogP contribution in [0.4, 0.5) is 10.1 Å². The molecule has 9 heteroatoms. The molecule has 0 aliphatic rings. The topological polar surface area (TPSA) is 66.5 Å². The second kappa shape index (κ2) is 9.58. The highest BCUT2D eigenvalue weighted by Gasteiger charge is 2.29. The summed E-state index contributed by atoms with van der Waals surface area (Å²) < 4.78 is 38.4. The summed E-state index contributed by atoms with van der Waals surface area (Å²) in [6.45, 7) is 1.86. The van der Waals surface area contributed by atoms with Crippen molar-refractivity contribution in [1.29, 1.82) is 0 Å². The Morgan fingerprint density at radius 1 is 1.14 bits per heavy atom. The van der Waals surface area contributed by atoms with Crippen molar-refractivity contribution in [3.05, 3.63) is 63.9 Å². The van der Waals surface area contributed by atoms with Gasteiger partial charge in [-0.2, -0.15) is 0 Å². The van der Waals surface area contributed by atoms with Crippen LogP contribution in [0.25, 0.3) is 0 Å². The van der Waals surface area contributed by atoms with Crippen LogP contribution in [0.15, 0.2) is 42.5 Å². The van der Waals surface area contributed by atoms with E-state index in [1.807, 2.05) is 0 Å². The molecule has 0 aromatic heterocycles. The molecule has 0 spiro atoms. The molecule has 0 unspecified atom stereocenters. The minimum atomic E-state index is -3.73. The third kappa shape index (κ3) is 6.09. The fourth-order valence-corrected chi connectivity index (χ4v) is 4.19. The number of halogens is 3. The first-order chi connectivity index (χ1) is 13.1. The monoisotopic (exact) mass is 446 g/mol. The zero-order valence-corrected chi connectivity index (χ0v) is 17.8. The van der Waals surface area contributed by atoms with Gasteiger partial charge >= 0.3 is 0 Å². The number of rotatable bonds is 8. The molecule has 152 valence electrons. The summed E-state index contributed by atoms with van der Waals surface area (Å²) in [6.07, 6.45) is 2.32. The second-order valence-corrected chi connectivity index (χ2v) is 9.03. The number of amides is 1. The zero-order chi connectivity index (χ0) is 20.9. The van der Waals surface area contributed by atoms with E-state index >= 15 is 0 Å². The van der Waals surface area contributed by atoms with E-state index < -0.39 is 22.0 Å². The molecule has 5 nitrogen and oxygen atoms in total. The minimum absolute atomic E-state index is 0.194. The third-order valence-electron chi connectivity index (χ3n) is 4.10. The van der Waals surface area contributed by atoms with Crippen LogP contribution >= 0.6 is 23.2 Å². The van der Waals surface area contributed by atoms with Crippen LogP contribution in [0.1, 0.15) is 18.9 Å². The first-order valence-electron chi connectivity index (χ1n) is 8.56. The Labute approximate surface area is 174 Å². The predicted octanol–water partition coefficient (Wildman–Crippen LogP) is 4.04. The number of sulfonamides is 1. The number of nitrogens with zero attached hydrogens (tertiary/aromatic N) is 1. The number of hydrogen-bond donors (Lipinski definition) is 1. The Morgan fingerprint density at radius 2 is 1.79 bits per heavy atom. The Hall–Kier alpha value is -1.83. The third-order valence-corrected chi connectivity index (χ3v) is 6.08. The summed E-state index contributed by atoms with van der Waals surface area (Å²) >= 11 is 11.9. The van der Waals surface area contributed by atoms with E-state index in [9.17, 15) is 17.6 Å². The maximum absolute atomic E-state index is 12.9. The van der Waals surface area contributed by atoms with Crippen LogP contribution in [0.2, 0.25) is 10.0 Å². The first kappa shape index (κ1) is 22.5. The van der Waals surface area contributed by atoms with Gasteiger partial charge in [-0.15, -0.1) is 0 Å². The van der Waals surface area contributed by atoms with Gasteiger partial charge in [0.2, 0.25) is 15.9 Å². The van der Waals surface area contributed by atoms with Gasteiger partial charge < -0.3 is 5.32 Å². The van der Waals surface area contributed by atoms with Crippen molar-refractivity contribution in [2.45, 2.75) is 25.8 Å². The number of benzene rings is 2. The fraction of sp³-hybridized carbons (Fsp3) is 0.316. The van der Waals surface area contributed by atoms with Gasteiger partial charge in [0.25, 0.3) is 0 Å². The summed E-state index contributed by atoms with van der Waals surface area (Å²) in [7, 11) is -3.73. The van der Waals surface area contributed by atoms with Crippen molar-refractivity contribution >= 4 is 44.8 Å². The molecular formula is C19H21Cl2FN2O3S. The molecule has 2 rings (SSSR count). The molecule has 0 bridgehead atoms. The van der Waals surface area contributed by atoms with Crippen LogP contribution in [0.5, 0.6) is 0 Å². The van der Waals surface area contributed by atoms with Crippen LogP contribution in [0.3, 0.4) is 0 Å². The predicted molar refractivity (Wildman–Crippen MR) is 111 cm³/mol. The maximum atomic E-state index is 12.9. The quantitative estimate of drug-likeness (QED) is 0.622. The lowest BCUT2D eigenvalue weighted by atomic mass is 10.1. The number of carbonyl (C=O) groups excluding carboxylic acids is 1. The maximum Gasteiger partial charge on any atom is 0.243 e. The standard InChI is InChI=1S/C19H21Cl2FN2O3S/c1-13(19(25)23-11-3-4-14-5-7-15(22)8-6-14)24(28(2,26)27)16-9-10-17(20)18(21)12-16/h5-10,12-13H,3-4,11H2,1-2H3,(H,23,25)/t13-/m1/s1. The normalized spacial score (nSPS) is 12.5. The number of nitrogens with one attached hydrogen (secondary N) is 1. The van der Waals surface area contributed by atoms with E-state index in [4.69, 9.17) is 23.2 Å². The van der Waals surface area contributed by atoms with Gasteiger partial charge in [-0.05, 0) is 55.7 Å². The minimum Gasteiger partial charge on any atom is -0.354 e. The van der Waals surface area contributed by atoms with Gasteiger partial charge in [0.1, 0.15) is 11.9 Å². The zero-order valence-electron chi connectivity index (χ0n) is 15.5. The smallest absolute Gasteiger partial charge is 0.243 e. The average molecular weight is 447 g/mol. The van der Waals surface area contributed by atoms with E-state index in [2.05, 4.69) is 5.32 Å². The van der Waals surface area contributed by atoms with Crippen LogP contribution in [-0.4, -0.2) is 33.2 Å². The molecule has 28 heavy (non-hydrogen) atoms. The van der Waals surface area contributed by atoms with Gasteiger partial charge in [-0.1, -0.05) is 35.3 Å². The molecule has 1 atom stereocenters. The lowest BCUT2D eigenvalue weighted by Gasteiger charge is -2.28. The van der Waals surface area contributed by atoms with Crippen molar-refractivity contribution in [3.8, 4) is 0 Å². The SMILES string of the molecule is C[C@H](C(=O)NCCCc1ccc(F)cc1)N(c1ccc(Cl)c(Cl)c1)S(C)(=O)=O.